The van der Waals surface area contributed by atoms with Crippen molar-refractivity contribution >= 4 is 0 Å². The maximum Gasteiger partial charge on any atom is 0.0671 e. The van der Waals surface area contributed by atoms with Crippen LogP contribution >= 0.6 is 0 Å². The monoisotopic (exact) mass is 245 g/mol. The molecule has 0 aromatic rings. The van der Waals surface area contributed by atoms with Crippen LogP contribution in [0.5, 0.6) is 0 Å². The van der Waals surface area contributed by atoms with E-state index in [1.165, 1.54) is 12.8 Å². The van der Waals surface area contributed by atoms with Crippen molar-refractivity contribution in [2.75, 3.05) is 20.3 Å². The van der Waals surface area contributed by atoms with E-state index in [1.807, 2.05) is 0 Å². The van der Waals surface area contributed by atoms with E-state index in [0.29, 0.717) is 6.04 Å². The van der Waals surface area contributed by atoms with E-state index < -0.39 is 0 Å². The lowest BCUT2D eigenvalue weighted by Gasteiger charge is -2.24. The summed E-state index contributed by atoms with van der Waals surface area (Å²) in [4.78, 5) is 0. The normalized spacial score (nSPS) is 14.3. The van der Waals surface area contributed by atoms with E-state index in [1.54, 1.807) is 7.11 Å². The second kappa shape index (κ2) is 8.90. The van der Waals surface area contributed by atoms with Gasteiger partial charge >= 0.3 is 0 Å². The molecule has 0 saturated heterocycles. The largest absolute Gasteiger partial charge is 0.379 e. The Morgan fingerprint density at radius 1 is 1.18 bits per heavy atom. The van der Waals surface area contributed by atoms with E-state index >= 15 is 0 Å². The SMILES string of the molecule is CCC(CC)NCC(C)OCCC(C)(C)OC. The molecule has 104 valence electrons. The van der Waals surface area contributed by atoms with Gasteiger partial charge in [0, 0.05) is 26.3 Å². The molecule has 0 rings (SSSR count). The molecule has 0 heterocycles. The fraction of sp³-hybridized carbons (Fsp3) is 1.00. The van der Waals surface area contributed by atoms with E-state index in [-0.39, 0.29) is 11.7 Å². The van der Waals surface area contributed by atoms with E-state index in [0.717, 1.165) is 19.6 Å². The summed E-state index contributed by atoms with van der Waals surface area (Å²) in [5.74, 6) is 0. The number of hydrogen-bond donors (Lipinski definition) is 1. The molecule has 0 bridgehead atoms. The number of rotatable bonds is 10. The highest BCUT2D eigenvalue weighted by atomic mass is 16.5. The Bertz CT molecular complexity index is 179. The first-order chi connectivity index (χ1) is 7.95. The van der Waals surface area contributed by atoms with Gasteiger partial charge in [0.2, 0.25) is 0 Å². The summed E-state index contributed by atoms with van der Waals surface area (Å²) >= 11 is 0. The standard InChI is InChI=1S/C14H31NO2/c1-7-13(8-2)15-11-12(3)17-10-9-14(4,5)16-6/h12-13,15H,7-11H2,1-6H3. The van der Waals surface area contributed by atoms with Crippen LogP contribution in [0.25, 0.3) is 0 Å². The Morgan fingerprint density at radius 2 is 1.76 bits per heavy atom. The average molecular weight is 245 g/mol. The van der Waals surface area contributed by atoms with Gasteiger partial charge in [-0.3, -0.25) is 0 Å². The predicted octanol–water partition coefficient (Wildman–Crippen LogP) is 2.98. The predicted molar refractivity (Wildman–Crippen MR) is 73.5 cm³/mol. The highest BCUT2D eigenvalue weighted by molar-refractivity contribution is 4.68. The van der Waals surface area contributed by atoms with Gasteiger partial charge in [0.15, 0.2) is 0 Å². The molecule has 0 fully saturated rings. The lowest BCUT2D eigenvalue weighted by molar-refractivity contribution is -0.0233. The first kappa shape index (κ1) is 16.9. The summed E-state index contributed by atoms with van der Waals surface area (Å²) in [6, 6.07) is 0.622. The maximum atomic E-state index is 5.78. The van der Waals surface area contributed by atoms with Gasteiger partial charge in [0.1, 0.15) is 0 Å². The van der Waals surface area contributed by atoms with Gasteiger partial charge in [-0.2, -0.15) is 0 Å². The highest BCUT2D eigenvalue weighted by Gasteiger charge is 2.16. The van der Waals surface area contributed by atoms with Crippen LogP contribution in [0.15, 0.2) is 0 Å². The second-order valence-corrected chi connectivity index (χ2v) is 5.32. The van der Waals surface area contributed by atoms with Crippen LogP contribution in [0.3, 0.4) is 0 Å². The average Bonchev–Trinajstić information content (AvgIpc) is 2.30. The summed E-state index contributed by atoms with van der Waals surface area (Å²) in [7, 11) is 1.75. The Balaban J connectivity index is 3.62. The summed E-state index contributed by atoms with van der Waals surface area (Å²) in [6.45, 7) is 12.4. The molecule has 1 unspecified atom stereocenters. The minimum absolute atomic E-state index is 0.0808. The van der Waals surface area contributed by atoms with Crippen LogP contribution in [0, 0.1) is 0 Å². The molecule has 1 atom stereocenters. The lowest BCUT2D eigenvalue weighted by atomic mass is 10.1. The third kappa shape index (κ3) is 8.58. The van der Waals surface area contributed by atoms with Crippen LogP contribution in [0.4, 0.5) is 0 Å². The van der Waals surface area contributed by atoms with Crippen molar-refractivity contribution in [3.05, 3.63) is 0 Å². The van der Waals surface area contributed by atoms with Crippen molar-refractivity contribution in [2.45, 2.75) is 71.6 Å². The molecule has 0 amide bonds. The van der Waals surface area contributed by atoms with Crippen LogP contribution < -0.4 is 5.32 Å². The molecule has 0 aliphatic carbocycles. The lowest BCUT2D eigenvalue weighted by Crippen LogP contribution is -2.35. The molecule has 0 aromatic heterocycles. The molecule has 3 heteroatoms. The second-order valence-electron chi connectivity index (χ2n) is 5.32. The molecule has 0 aliphatic heterocycles. The number of hydrogen-bond acceptors (Lipinski definition) is 3. The van der Waals surface area contributed by atoms with Gasteiger partial charge in [0.05, 0.1) is 11.7 Å². The van der Waals surface area contributed by atoms with Crippen molar-refractivity contribution in [3.8, 4) is 0 Å². The molecule has 0 aliphatic rings. The molecule has 1 N–H and O–H groups in total. The molecule has 17 heavy (non-hydrogen) atoms. The molecule has 3 nitrogen and oxygen atoms in total. The van der Waals surface area contributed by atoms with Gasteiger partial charge in [-0.25, -0.2) is 0 Å². The Labute approximate surface area is 107 Å². The number of nitrogens with one attached hydrogen (secondary N) is 1. The van der Waals surface area contributed by atoms with Gasteiger partial charge in [-0.1, -0.05) is 13.8 Å². The van der Waals surface area contributed by atoms with Crippen LogP contribution in [0.2, 0.25) is 0 Å². The van der Waals surface area contributed by atoms with Crippen molar-refractivity contribution < 1.29 is 9.47 Å². The van der Waals surface area contributed by atoms with Gasteiger partial charge < -0.3 is 14.8 Å². The zero-order chi connectivity index (χ0) is 13.3. The smallest absolute Gasteiger partial charge is 0.0671 e. The first-order valence-corrected chi connectivity index (χ1v) is 6.85. The molecule has 0 saturated carbocycles. The van der Waals surface area contributed by atoms with E-state index in [4.69, 9.17) is 9.47 Å². The molecule has 0 aromatic carbocycles. The van der Waals surface area contributed by atoms with Gasteiger partial charge in [-0.15, -0.1) is 0 Å². The van der Waals surface area contributed by atoms with Crippen LogP contribution in [0.1, 0.15) is 53.9 Å². The third-order valence-corrected chi connectivity index (χ3v) is 3.34. The zero-order valence-corrected chi connectivity index (χ0v) is 12.5. The third-order valence-electron chi connectivity index (χ3n) is 3.34. The van der Waals surface area contributed by atoms with Gasteiger partial charge in [-0.05, 0) is 40.0 Å². The van der Waals surface area contributed by atoms with E-state index in [2.05, 4.69) is 39.9 Å². The molecule has 0 radical (unpaired) electrons. The zero-order valence-electron chi connectivity index (χ0n) is 12.5. The summed E-state index contributed by atoms with van der Waals surface area (Å²) in [5, 5.41) is 3.52. The minimum Gasteiger partial charge on any atom is -0.379 e. The van der Waals surface area contributed by atoms with Crippen molar-refractivity contribution in [3.63, 3.8) is 0 Å². The highest BCUT2D eigenvalue weighted by Crippen LogP contribution is 2.13. The first-order valence-electron chi connectivity index (χ1n) is 6.85. The Hall–Kier alpha value is -0.120. The summed E-state index contributed by atoms with van der Waals surface area (Å²) < 4.78 is 11.1. The Morgan fingerprint density at radius 3 is 2.24 bits per heavy atom. The minimum atomic E-state index is -0.0808. The van der Waals surface area contributed by atoms with Crippen molar-refractivity contribution in [2.24, 2.45) is 0 Å². The van der Waals surface area contributed by atoms with Crippen molar-refractivity contribution in [1.29, 1.82) is 0 Å². The summed E-state index contributed by atoms with van der Waals surface area (Å²) in [6.07, 6.45) is 3.56. The van der Waals surface area contributed by atoms with Crippen LogP contribution in [-0.4, -0.2) is 38.0 Å². The maximum absolute atomic E-state index is 5.78. The topological polar surface area (TPSA) is 30.5 Å². The van der Waals surface area contributed by atoms with Crippen molar-refractivity contribution in [1.82, 2.24) is 5.32 Å². The van der Waals surface area contributed by atoms with Gasteiger partial charge in [0.25, 0.3) is 0 Å². The quantitative estimate of drug-likeness (QED) is 0.642. The van der Waals surface area contributed by atoms with Crippen LogP contribution in [-0.2, 0) is 9.47 Å². The summed E-state index contributed by atoms with van der Waals surface area (Å²) in [5.41, 5.74) is -0.0808. The molecule has 0 spiro atoms. The fourth-order valence-corrected chi connectivity index (χ4v) is 1.58. The number of methoxy groups -OCH3 is 1. The molecular formula is C14H31NO2. The number of ether oxygens (including phenoxy) is 2. The Kier molecular flexibility index (Phi) is 8.83. The van der Waals surface area contributed by atoms with E-state index in [9.17, 15) is 0 Å². The molecular weight excluding hydrogens is 214 g/mol. The fourth-order valence-electron chi connectivity index (χ4n) is 1.58.